The Morgan fingerprint density at radius 1 is 1.16 bits per heavy atom. The fourth-order valence-electron chi connectivity index (χ4n) is 4.86. The molecule has 5 rings (SSSR count). The van der Waals surface area contributed by atoms with Crippen molar-refractivity contribution in [3.63, 3.8) is 0 Å². The number of hydrogen-bond acceptors (Lipinski definition) is 4. The Morgan fingerprint density at radius 2 is 1.88 bits per heavy atom. The van der Waals surface area contributed by atoms with Crippen molar-refractivity contribution in [1.29, 1.82) is 0 Å². The van der Waals surface area contributed by atoms with Gasteiger partial charge >= 0.3 is 0 Å². The smallest absolute Gasteiger partial charge is 0.234 e. The van der Waals surface area contributed by atoms with Gasteiger partial charge in [0, 0.05) is 39.5 Å². The first-order chi connectivity index (χ1) is 15.1. The summed E-state index contributed by atoms with van der Waals surface area (Å²) in [6.07, 6.45) is 1.37. The van der Waals surface area contributed by atoms with Crippen LogP contribution in [0.1, 0.15) is 50.2 Å². The lowest BCUT2D eigenvalue weighted by atomic mass is 9.69. The second-order valence-electron chi connectivity index (χ2n) is 9.40. The van der Waals surface area contributed by atoms with Crippen molar-refractivity contribution < 1.29 is 9.59 Å². The Balaban J connectivity index is 1.70. The maximum atomic E-state index is 13.6. The Morgan fingerprint density at radius 3 is 2.59 bits per heavy atom. The number of ketones is 1. The highest BCUT2D eigenvalue weighted by Crippen LogP contribution is 2.49. The van der Waals surface area contributed by atoms with Gasteiger partial charge in [-0.2, -0.15) is 0 Å². The lowest BCUT2D eigenvalue weighted by Gasteiger charge is -2.42. The lowest BCUT2D eigenvalue weighted by molar-refractivity contribution is -0.121. The Bertz CT molecular complexity index is 1310. The molecule has 0 fully saturated rings. The quantitative estimate of drug-likeness (QED) is 0.353. The standard InChI is InChI=1S/C25H22BrClN2O2S/c1-13-8-15(26)9-20-23(13)28-24(32-20)29-18-11-25(2,3)12-19(30)22(18)17(10-21(29)31)14-4-6-16(27)7-5-14/h4-9,17H,10-12H2,1-3H3. The molecule has 2 aliphatic rings. The summed E-state index contributed by atoms with van der Waals surface area (Å²) in [6, 6.07) is 11.5. The monoisotopic (exact) mass is 528 g/mol. The van der Waals surface area contributed by atoms with Crippen molar-refractivity contribution >= 4 is 65.9 Å². The largest absolute Gasteiger partial charge is 0.294 e. The molecule has 1 atom stereocenters. The molecule has 1 aliphatic carbocycles. The fraction of sp³-hybridized carbons (Fsp3) is 0.320. The molecule has 164 valence electrons. The van der Waals surface area contributed by atoms with E-state index >= 15 is 0 Å². The van der Waals surface area contributed by atoms with E-state index in [4.69, 9.17) is 16.6 Å². The number of rotatable bonds is 2. The first-order valence-corrected chi connectivity index (χ1v) is 12.5. The van der Waals surface area contributed by atoms with Crippen LogP contribution < -0.4 is 4.90 Å². The summed E-state index contributed by atoms with van der Waals surface area (Å²) >= 11 is 11.1. The second kappa shape index (κ2) is 7.79. The van der Waals surface area contributed by atoms with Gasteiger partial charge in [0.1, 0.15) is 0 Å². The molecule has 7 heteroatoms. The third kappa shape index (κ3) is 3.72. The minimum absolute atomic E-state index is 0.0232. The number of aryl methyl sites for hydroxylation is 1. The van der Waals surface area contributed by atoms with Crippen LogP contribution in [0, 0.1) is 12.3 Å². The molecule has 0 saturated carbocycles. The van der Waals surface area contributed by atoms with E-state index in [2.05, 4.69) is 29.8 Å². The Kier molecular flexibility index (Phi) is 5.31. The van der Waals surface area contributed by atoms with Gasteiger partial charge in [0.15, 0.2) is 10.9 Å². The molecular formula is C25H22BrClN2O2S. The number of halogens is 2. The van der Waals surface area contributed by atoms with Gasteiger partial charge in [0.05, 0.1) is 10.2 Å². The van der Waals surface area contributed by atoms with Crippen LogP contribution in [0.25, 0.3) is 10.2 Å². The summed E-state index contributed by atoms with van der Waals surface area (Å²) in [4.78, 5) is 33.5. The number of fused-ring (bicyclic) bond motifs is 1. The predicted octanol–water partition coefficient (Wildman–Crippen LogP) is 7.18. The molecule has 1 unspecified atom stereocenters. The van der Waals surface area contributed by atoms with Gasteiger partial charge in [0.25, 0.3) is 0 Å². The van der Waals surface area contributed by atoms with Crippen LogP contribution in [0.5, 0.6) is 0 Å². The SMILES string of the molecule is Cc1cc(Br)cc2sc(N3C(=O)CC(c4ccc(Cl)cc4)C4=C3CC(C)(C)CC4=O)nc12. The van der Waals surface area contributed by atoms with Crippen LogP contribution in [0.2, 0.25) is 5.02 Å². The minimum Gasteiger partial charge on any atom is -0.294 e. The summed E-state index contributed by atoms with van der Waals surface area (Å²) < 4.78 is 2.00. The third-order valence-corrected chi connectivity index (χ3v) is 7.94. The maximum absolute atomic E-state index is 13.6. The van der Waals surface area contributed by atoms with E-state index < -0.39 is 0 Å². The van der Waals surface area contributed by atoms with Crippen molar-refractivity contribution in [2.24, 2.45) is 5.41 Å². The van der Waals surface area contributed by atoms with Gasteiger partial charge in [-0.15, -0.1) is 0 Å². The van der Waals surface area contributed by atoms with Crippen molar-refractivity contribution in [3.8, 4) is 0 Å². The summed E-state index contributed by atoms with van der Waals surface area (Å²) in [6.45, 7) is 6.19. The molecule has 1 amide bonds. The topological polar surface area (TPSA) is 50.3 Å². The molecule has 2 heterocycles. The first kappa shape index (κ1) is 21.8. The highest BCUT2D eigenvalue weighted by molar-refractivity contribution is 9.10. The highest BCUT2D eigenvalue weighted by atomic mass is 79.9. The number of Topliss-reactive ketones (excluding diaryl/α,β-unsaturated/α-hetero) is 1. The molecular weight excluding hydrogens is 508 g/mol. The summed E-state index contributed by atoms with van der Waals surface area (Å²) in [5.41, 5.74) is 4.24. The zero-order valence-electron chi connectivity index (χ0n) is 18.0. The number of benzene rings is 2. The molecule has 0 N–H and O–H groups in total. The van der Waals surface area contributed by atoms with Gasteiger partial charge in [-0.1, -0.05) is 64.8 Å². The summed E-state index contributed by atoms with van der Waals surface area (Å²) in [5, 5.41) is 1.28. The van der Waals surface area contributed by atoms with Gasteiger partial charge in [-0.3, -0.25) is 14.5 Å². The minimum atomic E-state index is -0.250. The number of thiazole rings is 1. The van der Waals surface area contributed by atoms with E-state index in [0.29, 0.717) is 23.0 Å². The average molecular weight is 530 g/mol. The van der Waals surface area contributed by atoms with Crippen molar-refractivity contribution in [2.75, 3.05) is 4.90 Å². The highest BCUT2D eigenvalue weighted by Gasteiger charge is 2.45. The second-order valence-corrected chi connectivity index (χ2v) is 11.8. The first-order valence-electron chi connectivity index (χ1n) is 10.5. The van der Waals surface area contributed by atoms with E-state index in [9.17, 15) is 9.59 Å². The predicted molar refractivity (Wildman–Crippen MR) is 133 cm³/mol. The zero-order chi connectivity index (χ0) is 22.8. The van der Waals surface area contributed by atoms with E-state index in [1.807, 2.05) is 43.3 Å². The van der Waals surface area contributed by atoms with E-state index in [1.54, 1.807) is 4.90 Å². The van der Waals surface area contributed by atoms with E-state index in [-0.39, 0.29) is 29.4 Å². The Labute approximate surface area is 204 Å². The fourth-order valence-corrected chi connectivity index (χ4v) is 6.83. The molecule has 0 bridgehead atoms. The number of carbonyl (C=O) groups excluding carboxylic acids is 2. The van der Waals surface area contributed by atoms with E-state index in [1.165, 1.54) is 11.3 Å². The third-order valence-electron chi connectivity index (χ3n) is 6.25. The van der Waals surface area contributed by atoms with Crippen LogP contribution >= 0.6 is 38.9 Å². The van der Waals surface area contributed by atoms with Crippen molar-refractivity contribution in [1.82, 2.24) is 4.98 Å². The maximum Gasteiger partial charge on any atom is 0.234 e. The van der Waals surface area contributed by atoms with Gasteiger partial charge < -0.3 is 0 Å². The lowest BCUT2D eigenvalue weighted by Crippen LogP contribution is -2.43. The van der Waals surface area contributed by atoms with Gasteiger partial charge in [-0.25, -0.2) is 4.98 Å². The average Bonchev–Trinajstić information content (AvgIpc) is 3.10. The van der Waals surface area contributed by atoms with Gasteiger partial charge in [-0.05, 0) is 54.2 Å². The molecule has 2 aromatic carbocycles. The molecule has 4 nitrogen and oxygen atoms in total. The zero-order valence-corrected chi connectivity index (χ0v) is 21.2. The number of anilines is 1. The molecule has 1 aliphatic heterocycles. The number of hydrogen-bond donors (Lipinski definition) is 0. The van der Waals surface area contributed by atoms with Crippen molar-refractivity contribution in [3.05, 3.63) is 68.3 Å². The number of allylic oxidation sites excluding steroid dienone is 2. The van der Waals surface area contributed by atoms with Crippen LogP contribution in [0.4, 0.5) is 5.13 Å². The van der Waals surface area contributed by atoms with Crippen LogP contribution in [-0.2, 0) is 9.59 Å². The van der Waals surface area contributed by atoms with E-state index in [0.717, 1.165) is 37.1 Å². The number of aromatic nitrogens is 1. The molecule has 3 aromatic rings. The number of amides is 1. The normalized spacial score (nSPS) is 20.8. The molecule has 32 heavy (non-hydrogen) atoms. The summed E-state index contributed by atoms with van der Waals surface area (Å²) in [7, 11) is 0. The van der Waals surface area contributed by atoms with Crippen molar-refractivity contribution in [2.45, 2.75) is 46.0 Å². The number of nitrogens with zero attached hydrogens (tertiary/aromatic N) is 2. The summed E-state index contributed by atoms with van der Waals surface area (Å²) in [5.74, 6) is -0.154. The van der Waals surface area contributed by atoms with Crippen LogP contribution in [0.15, 0.2) is 52.1 Å². The van der Waals surface area contributed by atoms with Gasteiger partial charge in [0.2, 0.25) is 5.91 Å². The molecule has 0 saturated heterocycles. The number of carbonyl (C=O) groups is 2. The van der Waals surface area contributed by atoms with Crippen LogP contribution in [-0.4, -0.2) is 16.7 Å². The molecule has 1 aromatic heterocycles. The van der Waals surface area contributed by atoms with Crippen LogP contribution in [0.3, 0.4) is 0 Å². The Hall–Kier alpha value is -2.02. The molecule has 0 spiro atoms. The molecule has 0 radical (unpaired) electrons.